The number of primary amides is 1. The van der Waals surface area contributed by atoms with Crippen molar-refractivity contribution in [3.8, 4) is 10.4 Å². The molecule has 1 aromatic heterocycles. The van der Waals surface area contributed by atoms with Crippen LogP contribution in [-0.4, -0.2) is 41.3 Å². The molecule has 0 aliphatic carbocycles. The molecular weight excluding hydrogens is 388 g/mol. The van der Waals surface area contributed by atoms with Crippen LogP contribution in [0.1, 0.15) is 38.4 Å². The number of fused-ring (bicyclic) bond motifs is 1. The summed E-state index contributed by atoms with van der Waals surface area (Å²) in [5, 5.41) is 22.7. The second-order valence-electron chi connectivity index (χ2n) is 6.93. The molecule has 0 saturated heterocycles. The summed E-state index contributed by atoms with van der Waals surface area (Å²) in [4.78, 5) is 25.8. The molecule has 1 heterocycles. The maximum absolute atomic E-state index is 12.5. The summed E-state index contributed by atoms with van der Waals surface area (Å²) in [5.41, 5.74) is 7.92. The molecule has 0 spiro atoms. The van der Waals surface area contributed by atoms with Gasteiger partial charge in [0.2, 0.25) is 5.91 Å². The lowest BCUT2D eigenvalue weighted by Crippen LogP contribution is -2.25. The Morgan fingerprint density at radius 1 is 1.17 bits per heavy atom. The third-order valence-corrected chi connectivity index (χ3v) is 6.05. The van der Waals surface area contributed by atoms with Gasteiger partial charge in [0.25, 0.3) is 5.91 Å². The monoisotopic (exact) mass is 412 g/mol. The van der Waals surface area contributed by atoms with Crippen molar-refractivity contribution < 1.29 is 19.8 Å². The topological polar surface area (TPSA) is 113 Å². The van der Waals surface area contributed by atoms with Crippen molar-refractivity contribution in [1.82, 2.24) is 5.32 Å². The van der Waals surface area contributed by atoms with Gasteiger partial charge in [0.15, 0.2) is 0 Å². The molecule has 0 saturated carbocycles. The molecule has 1 atom stereocenters. The van der Waals surface area contributed by atoms with Gasteiger partial charge in [0.05, 0.1) is 17.6 Å². The first kappa shape index (κ1) is 21.0. The Kier molecular flexibility index (Phi) is 6.64. The van der Waals surface area contributed by atoms with Gasteiger partial charge in [-0.2, -0.15) is 0 Å². The molecular formula is C22H24N2O4S. The Labute approximate surface area is 173 Å². The molecule has 0 bridgehead atoms. The van der Waals surface area contributed by atoms with E-state index in [2.05, 4.69) is 5.32 Å². The SMILES string of the molecule is Cc1cc(C(=O)NCCCC(O)CO)sc1-c1cccc2c(C(N)=O)cccc12. The van der Waals surface area contributed by atoms with E-state index >= 15 is 0 Å². The van der Waals surface area contributed by atoms with E-state index in [4.69, 9.17) is 10.8 Å². The van der Waals surface area contributed by atoms with E-state index in [9.17, 15) is 14.7 Å². The van der Waals surface area contributed by atoms with Gasteiger partial charge in [0, 0.05) is 17.0 Å². The van der Waals surface area contributed by atoms with Crippen LogP contribution >= 0.6 is 11.3 Å². The molecule has 5 N–H and O–H groups in total. The highest BCUT2D eigenvalue weighted by molar-refractivity contribution is 7.17. The predicted octanol–water partition coefficient (Wildman–Crippen LogP) is 2.84. The number of nitrogens with one attached hydrogen (secondary N) is 1. The molecule has 0 radical (unpaired) electrons. The van der Waals surface area contributed by atoms with E-state index in [0.717, 1.165) is 26.8 Å². The van der Waals surface area contributed by atoms with Crippen molar-refractivity contribution in [2.45, 2.75) is 25.9 Å². The van der Waals surface area contributed by atoms with E-state index in [1.165, 1.54) is 11.3 Å². The van der Waals surface area contributed by atoms with E-state index < -0.39 is 12.0 Å². The minimum atomic E-state index is -0.751. The number of rotatable bonds is 8. The maximum atomic E-state index is 12.5. The lowest BCUT2D eigenvalue weighted by molar-refractivity contribution is 0.0849. The van der Waals surface area contributed by atoms with Crippen molar-refractivity contribution in [3.63, 3.8) is 0 Å². The Morgan fingerprint density at radius 2 is 1.90 bits per heavy atom. The third kappa shape index (κ3) is 4.64. The molecule has 1 unspecified atom stereocenters. The summed E-state index contributed by atoms with van der Waals surface area (Å²) in [5.74, 6) is -0.636. The van der Waals surface area contributed by atoms with Crippen molar-refractivity contribution in [2.75, 3.05) is 13.2 Å². The zero-order chi connectivity index (χ0) is 21.0. The van der Waals surface area contributed by atoms with Crippen molar-refractivity contribution >= 4 is 33.9 Å². The fourth-order valence-corrected chi connectivity index (χ4v) is 4.43. The molecule has 0 aliphatic rings. The van der Waals surface area contributed by atoms with Crippen LogP contribution < -0.4 is 11.1 Å². The van der Waals surface area contributed by atoms with Gasteiger partial charge in [-0.25, -0.2) is 0 Å². The summed E-state index contributed by atoms with van der Waals surface area (Å²) < 4.78 is 0. The van der Waals surface area contributed by atoms with Crippen LogP contribution in [0.2, 0.25) is 0 Å². The van der Waals surface area contributed by atoms with E-state index in [1.54, 1.807) is 6.07 Å². The van der Waals surface area contributed by atoms with Crippen LogP contribution in [0.25, 0.3) is 21.2 Å². The highest BCUT2D eigenvalue weighted by atomic mass is 32.1. The number of aryl methyl sites for hydroxylation is 1. The van der Waals surface area contributed by atoms with Crippen LogP contribution in [-0.2, 0) is 0 Å². The number of amides is 2. The number of aliphatic hydroxyl groups is 2. The van der Waals surface area contributed by atoms with Crippen LogP contribution in [0.5, 0.6) is 0 Å². The van der Waals surface area contributed by atoms with Crippen LogP contribution in [0.4, 0.5) is 0 Å². The zero-order valence-electron chi connectivity index (χ0n) is 16.1. The minimum absolute atomic E-state index is 0.166. The van der Waals surface area contributed by atoms with Gasteiger partial charge in [0.1, 0.15) is 0 Å². The number of hydrogen-bond acceptors (Lipinski definition) is 5. The lowest BCUT2D eigenvalue weighted by atomic mass is 9.98. The smallest absolute Gasteiger partial charge is 0.261 e. The van der Waals surface area contributed by atoms with Gasteiger partial charge >= 0.3 is 0 Å². The van der Waals surface area contributed by atoms with Crippen LogP contribution in [0.15, 0.2) is 42.5 Å². The zero-order valence-corrected chi connectivity index (χ0v) is 17.0. The second-order valence-corrected chi connectivity index (χ2v) is 7.98. The normalized spacial score (nSPS) is 12.1. The van der Waals surface area contributed by atoms with E-state index in [-0.39, 0.29) is 12.5 Å². The summed E-state index contributed by atoms with van der Waals surface area (Å²) in [6, 6.07) is 13.1. The summed E-state index contributed by atoms with van der Waals surface area (Å²) in [6.07, 6.45) is 0.271. The molecule has 0 aliphatic heterocycles. The summed E-state index contributed by atoms with van der Waals surface area (Å²) in [7, 11) is 0. The maximum Gasteiger partial charge on any atom is 0.261 e. The Morgan fingerprint density at radius 3 is 2.62 bits per heavy atom. The average molecular weight is 413 g/mol. The predicted molar refractivity (Wildman–Crippen MR) is 115 cm³/mol. The standard InChI is InChI=1S/C22H24N2O4S/c1-13-11-19(22(28)24-10-4-5-14(26)12-25)29-20(13)17-8-2-7-16-15(17)6-3-9-18(16)21(23)27/h2-3,6-9,11,14,25-26H,4-5,10,12H2,1H3,(H2,23,27)(H,24,28). The third-order valence-electron chi connectivity index (χ3n) is 4.78. The number of nitrogens with two attached hydrogens (primary N) is 1. The Balaban J connectivity index is 1.85. The number of hydrogen-bond donors (Lipinski definition) is 4. The first-order valence-corrected chi connectivity index (χ1v) is 10.2. The number of carbonyl (C=O) groups excluding carboxylic acids is 2. The van der Waals surface area contributed by atoms with Gasteiger partial charge in [-0.3, -0.25) is 9.59 Å². The first-order chi connectivity index (χ1) is 13.9. The van der Waals surface area contributed by atoms with Gasteiger partial charge in [-0.05, 0) is 53.8 Å². The molecule has 2 aromatic carbocycles. The van der Waals surface area contributed by atoms with Gasteiger partial charge < -0.3 is 21.3 Å². The highest BCUT2D eigenvalue weighted by Crippen LogP contribution is 2.37. The molecule has 3 aromatic rings. The summed E-state index contributed by atoms with van der Waals surface area (Å²) in [6.45, 7) is 2.11. The average Bonchev–Trinajstić information content (AvgIpc) is 3.11. The fourth-order valence-electron chi connectivity index (χ4n) is 3.30. The fraction of sp³-hybridized carbons (Fsp3) is 0.273. The highest BCUT2D eigenvalue weighted by Gasteiger charge is 2.16. The van der Waals surface area contributed by atoms with Gasteiger partial charge in [-0.1, -0.05) is 30.3 Å². The molecule has 0 fully saturated rings. The minimum Gasteiger partial charge on any atom is -0.394 e. The molecule has 3 rings (SSSR count). The molecule has 29 heavy (non-hydrogen) atoms. The largest absolute Gasteiger partial charge is 0.394 e. The van der Waals surface area contributed by atoms with E-state index in [0.29, 0.717) is 29.8 Å². The van der Waals surface area contributed by atoms with E-state index in [1.807, 2.05) is 43.3 Å². The van der Waals surface area contributed by atoms with Crippen LogP contribution in [0, 0.1) is 6.92 Å². The van der Waals surface area contributed by atoms with Crippen molar-refractivity contribution in [2.24, 2.45) is 5.73 Å². The van der Waals surface area contributed by atoms with Crippen LogP contribution in [0.3, 0.4) is 0 Å². The molecule has 7 heteroatoms. The second kappa shape index (κ2) is 9.17. The van der Waals surface area contributed by atoms with Crippen molar-refractivity contribution in [3.05, 3.63) is 58.5 Å². The van der Waals surface area contributed by atoms with Crippen molar-refractivity contribution in [1.29, 1.82) is 0 Å². The van der Waals surface area contributed by atoms with Gasteiger partial charge in [-0.15, -0.1) is 11.3 Å². The lowest BCUT2D eigenvalue weighted by Gasteiger charge is -2.09. The molecule has 6 nitrogen and oxygen atoms in total. The number of thiophene rings is 1. The number of carbonyl (C=O) groups is 2. The number of aliphatic hydroxyl groups excluding tert-OH is 2. The number of benzene rings is 2. The molecule has 152 valence electrons. The molecule has 2 amide bonds. The Bertz CT molecular complexity index is 1040. The quantitative estimate of drug-likeness (QED) is 0.426. The Hall–Kier alpha value is -2.74. The summed E-state index contributed by atoms with van der Waals surface area (Å²) >= 11 is 1.40. The first-order valence-electron chi connectivity index (χ1n) is 9.42.